The second-order valence-electron chi connectivity index (χ2n) is 4.33. The molecule has 2 unspecified atom stereocenters. The van der Waals surface area contributed by atoms with E-state index in [-0.39, 0.29) is 0 Å². The van der Waals surface area contributed by atoms with Crippen molar-refractivity contribution in [2.75, 3.05) is 0 Å². The highest BCUT2D eigenvalue weighted by atomic mass is 35.5. The Hall–Kier alpha value is -0.210. The van der Waals surface area contributed by atoms with Crippen molar-refractivity contribution in [1.82, 2.24) is 4.98 Å². The molecule has 1 fully saturated rings. The summed E-state index contributed by atoms with van der Waals surface area (Å²) in [7, 11) is 0. The summed E-state index contributed by atoms with van der Waals surface area (Å²) in [6, 6.07) is 3.94. The van der Waals surface area contributed by atoms with Crippen LogP contribution in [-0.4, -0.2) is 10.2 Å². The lowest BCUT2D eigenvalue weighted by molar-refractivity contribution is 0.394. The predicted molar refractivity (Wildman–Crippen MR) is 66.5 cm³/mol. The van der Waals surface area contributed by atoms with Crippen LogP contribution in [0.2, 0.25) is 5.02 Å². The van der Waals surface area contributed by atoms with E-state index in [2.05, 4.69) is 11.9 Å². The minimum Gasteiger partial charge on any atom is -0.248 e. The van der Waals surface area contributed by atoms with Crippen LogP contribution in [0.5, 0.6) is 0 Å². The molecule has 2 rings (SSSR count). The highest BCUT2D eigenvalue weighted by Crippen LogP contribution is 2.35. The Morgan fingerprint density at radius 1 is 1.40 bits per heavy atom. The molecule has 0 bridgehead atoms. The molecule has 0 saturated heterocycles. The summed E-state index contributed by atoms with van der Waals surface area (Å²) in [4.78, 5) is 4.33. The van der Waals surface area contributed by atoms with E-state index >= 15 is 0 Å². The Morgan fingerprint density at radius 3 is 2.93 bits per heavy atom. The molecule has 0 spiro atoms. The minimum absolute atomic E-state index is 0.719. The molecular weight excluding hydrogens is 226 g/mol. The summed E-state index contributed by atoms with van der Waals surface area (Å²) < 4.78 is 0. The summed E-state index contributed by atoms with van der Waals surface area (Å²) in [6.07, 6.45) is 7.15. The first-order valence-corrected chi connectivity index (χ1v) is 6.78. The van der Waals surface area contributed by atoms with E-state index in [0.29, 0.717) is 0 Å². The van der Waals surface area contributed by atoms with Gasteiger partial charge in [0, 0.05) is 11.4 Å². The van der Waals surface area contributed by atoms with Gasteiger partial charge in [-0.3, -0.25) is 0 Å². The zero-order valence-electron chi connectivity index (χ0n) is 8.95. The highest BCUT2D eigenvalue weighted by molar-refractivity contribution is 7.99. The number of nitrogens with zero attached hydrogens (tertiary/aromatic N) is 1. The quantitative estimate of drug-likeness (QED) is 0.761. The molecule has 0 aromatic carbocycles. The maximum Gasteiger partial charge on any atom is 0.0963 e. The zero-order chi connectivity index (χ0) is 10.7. The van der Waals surface area contributed by atoms with Gasteiger partial charge in [0.1, 0.15) is 0 Å². The normalized spacial score (nSPS) is 26.5. The molecule has 1 aromatic rings. The van der Waals surface area contributed by atoms with Gasteiger partial charge in [0.2, 0.25) is 0 Å². The van der Waals surface area contributed by atoms with E-state index in [9.17, 15) is 0 Å². The molecule has 1 nitrogen and oxygen atoms in total. The number of rotatable bonds is 2. The maximum atomic E-state index is 5.81. The number of hydrogen-bond donors (Lipinski definition) is 0. The van der Waals surface area contributed by atoms with E-state index in [1.54, 1.807) is 6.20 Å². The molecule has 0 amide bonds. The average molecular weight is 242 g/mol. The monoisotopic (exact) mass is 241 g/mol. The van der Waals surface area contributed by atoms with Crippen LogP contribution >= 0.6 is 23.4 Å². The van der Waals surface area contributed by atoms with Gasteiger partial charge in [-0.1, -0.05) is 31.4 Å². The first-order chi connectivity index (χ1) is 7.24. The molecule has 15 heavy (non-hydrogen) atoms. The van der Waals surface area contributed by atoms with Crippen LogP contribution in [-0.2, 0) is 0 Å². The van der Waals surface area contributed by atoms with Crippen LogP contribution in [0.4, 0.5) is 0 Å². The topological polar surface area (TPSA) is 12.9 Å². The van der Waals surface area contributed by atoms with Crippen LogP contribution in [0.3, 0.4) is 0 Å². The molecule has 0 N–H and O–H groups in total. The second-order valence-corrected chi connectivity index (χ2v) is 6.08. The lowest BCUT2D eigenvalue weighted by atomic mass is 9.91. The Morgan fingerprint density at radius 2 is 2.27 bits per heavy atom. The Balaban J connectivity index is 1.93. The van der Waals surface area contributed by atoms with Gasteiger partial charge >= 0.3 is 0 Å². The van der Waals surface area contributed by atoms with Crippen molar-refractivity contribution in [3.8, 4) is 0 Å². The molecule has 1 aromatic heterocycles. The third-order valence-electron chi connectivity index (χ3n) is 2.88. The van der Waals surface area contributed by atoms with Gasteiger partial charge in [-0.25, -0.2) is 4.98 Å². The standard InChI is InChI=1S/C12H16ClNS/c1-9-3-2-4-11(7-9)15-12-6-5-10(13)8-14-12/h5-6,8-9,11H,2-4,7H2,1H3. The highest BCUT2D eigenvalue weighted by Gasteiger charge is 2.19. The molecule has 0 aliphatic heterocycles. The summed E-state index contributed by atoms with van der Waals surface area (Å²) in [5, 5.41) is 2.58. The van der Waals surface area contributed by atoms with Gasteiger partial charge < -0.3 is 0 Å². The molecule has 3 heteroatoms. The number of thioether (sulfide) groups is 1. The average Bonchev–Trinajstić information content (AvgIpc) is 2.22. The van der Waals surface area contributed by atoms with Gasteiger partial charge in [-0.2, -0.15) is 0 Å². The fourth-order valence-electron chi connectivity index (χ4n) is 2.09. The van der Waals surface area contributed by atoms with Crippen molar-refractivity contribution in [1.29, 1.82) is 0 Å². The number of pyridine rings is 1. The van der Waals surface area contributed by atoms with Crippen LogP contribution in [0.25, 0.3) is 0 Å². The lowest BCUT2D eigenvalue weighted by Crippen LogP contribution is -2.14. The Kier molecular flexibility index (Phi) is 3.92. The first kappa shape index (κ1) is 11.3. The molecule has 1 saturated carbocycles. The van der Waals surface area contributed by atoms with Crippen molar-refractivity contribution in [2.24, 2.45) is 5.92 Å². The SMILES string of the molecule is CC1CCCC(Sc2ccc(Cl)cn2)C1. The van der Waals surface area contributed by atoms with Gasteiger partial charge in [0.15, 0.2) is 0 Å². The maximum absolute atomic E-state index is 5.81. The smallest absolute Gasteiger partial charge is 0.0963 e. The minimum atomic E-state index is 0.719. The molecule has 82 valence electrons. The third kappa shape index (κ3) is 3.39. The molecular formula is C12H16ClNS. The number of halogens is 1. The summed E-state index contributed by atoms with van der Waals surface area (Å²) in [5.41, 5.74) is 0. The Bertz CT molecular complexity index is 312. The van der Waals surface area contributed by atoms with Crippen molar-refractivity contribution < 1.29 is 0 Å². The van der Waals surface area contributed by atoms with Crippen molar-refractivity contribution in [3.63, 3.8) is 0 Å². The van der Waals surface area contributed by atoms with Crippen molar-refractivity contribution in [2.45, 2.75) is 42.9 Å². The third-order valence-corrected chi connectivity index (χ3v) is 4.34. The van der Waals surface area contributed by atoms with Crippen LogP contribution in [0.1, 0.15) is 32.6 Å². The molecule has 2 atom stereocenters. The van der Waals surface area contributed by atoms with Crippen LogP contribution in [0, 0.1) is 5.92 Å². The summed E-state index contributed by atoms with van der Waals surface area (Å²) in [6.45, 7) is 2.35. The largest absolute Gasteiger partial charge is 0.248 e. The van der Waals surface area contributed by atoms with E-state index in [1.165, 1.54) is 25.7 Å². The molecule has 1 heterocycles. The van der Waals surface area contributed by atoms with E-state index < -0.39 is 0 Å². The predicted octanol–water partition coefficient (Wildman–Crippen LogP) is 4.41. The van der Waals surface area contributed by atoms with Gasteiger partial charge in [0.25, 0.3) is 0 Å². The van der Waals surface area contributed by atoms with Gasteiger partial charge in [0.05, 0.1) is 10.0 Å². The van der Waals surface area contributed by atoms with E-state index in [1.807, 2.05) is 23.9 Å². The number of hydrogen-bond acceptors (Lipinski definition) is 2. The van der Waals surface area contributed by atoms with Crippen LogP contribution < -0.4 is 0 Å². The fourth-order valence-corrected chi connectivity index (χ4v) is 3.51. The van der Waals surface area contributed by atoms with Crippen molar-refractivity contribution in [3.05, 3.63) is 23.4 Å². The molecule has 1 aliphatic carbocycles. The molecule has 0 radical (unpaired) electrons. The van der Waals surface area contributed by atoms with Gasteiger partial charge in [-0.15, -0.1) is 11.8 Å². The lowest BCUT2D eigenvalue weighted by Gasteiger charge is -2.25. The van der Waals surface area contributed by atoms with Crippen molar-refractivity contribution >= 4 is 23.4 Å². The van der Waals surface area contributed by atoms with Crippen LogP contribution in [0.15, 0.2) is 23.4 Å². The second kappa shape index (κ2) is 5.22. The zero-order valence-corrected chi connectivity index (χ0v) is 10.5. The number of aromatic nitrogens is 1. The van der Waals surface area contributed by atoms with E-state index in [0.717, 1.165) is 21.2 Å². The first-order valence-electron chi connectivity index (χ1n) is 5.52. The van der Waals surface area contributed by atoms with Gasteiger partial charge in [-0.05, 0) is 30.9 Å². The van der Waals surface area contributed by atoms with E-state index in [4.69, 9.17) is 11.6 Å². The Labute approximate surface area is 101 Å². The molecule has 1 aliphatic rings. The summed E-state index contributed by atoms with van der Waals surface area (Å²) >= 11 is 7.71. The fraction of sp³-hybridized carbons (Fsp3) is 0.583. The summed E-state index contributed by atoms with van der Waals surface area (Å²) in [5.74, 6) is 0.878.